The quantitative estimate of drug-likeness (QED) is 0.792. The Bertz CT molecular complexity index is 831. The molecule has 1 saturated heterocycles. The first-order valence-corrected chi connectivity index (χ1v) is 9.63. The molecule has 1 N–H and O–H groups in total. The monoisotopic (exact) mass is 382 g/mol. The number of nitrogens with one attached hydrogen (secondary N) is 1. The van der Waals surface area contributed by atoms with Crippen molar-refractivity contribution in [3.63, 3.8) is 0 Å². The predicted octanol–water partition coefficient (Wildman–Crippen LogP) is 3.73. The molecule has 0 aliphatic carbocycles. The normalized spacial score (nSPS) is 14.4. The van der Waals surface area contributed by atoms with Gasteiger partial charge in [0.25, 0.3) is 11.8 Å². The molecule has 2 aromatic rings. The van der Waals surface area contributed by atoms with Crippen molar-refractivity contribution in [1.82, 2.24) is 4.90 Å². The summed E-state index contributed by atoms with van der Waals surface area (Å²) < 4.78 is 11.2. The van der Waals surface area contributed by atoms with Crippen molar-refractivity contribution < 1.29 is 19.1 Å². The van der Waals surface area contributed by atoms with Crippen LogP contribution in [0.5, 0.6) is 11.5 Å². The number of rotatable bonds is 7. The summed E-state index contributed by atoms with van der Waals surface area (Å²) in [5.41, 5.74) is 1.01. The Morgan fingerprint density at radius 1 is 1.04 bits per heavy atom. The summed E-state index contributed by atoms with van der Waals surface area (Å²) in [6.45, 7) is 3.40. The minimum absolute atomic E-state index is 0.0490. The van der Waals surface area contributed by atoms with Crippen molar-refractivity contribution in [1.29, 1.82) is 0 Å². The van der Waals surface area contributed by atoms with E-state index in [-0.39, 0.29) is 11.8 Å². The van der Waals surface area contributed by atoms with E-state index in [0.29, 0.717) is 29.2 Å². The van der Waals surface area contributed by atoms with Gasteiger partial charge in [-0.05, 0) is 43.5 Å². The van der Waals surface area contributed by atoms with Crippen molar-refractivity contribution in [3.8, 4) is 11.5 Å². The zero-order chi connectivity index (χ0) is 19.9. The molecule has 6 nitrogen and oxygen atoms in total. The first-order valence-electron chi connectivity index (χ1n) is 9.63. The number of likely N-dealkylation sites (tertiary alicyclic amines) is 1. The highest BCUT2D eigenvalue weighted by atomic mass is 16.5. The van der Waals surface area contributed by atoms with Gasteiger partial charge in [-0.25, -0.2) is 0 Å². The maximum atomic E-state index is 12.8. The molecular formula is C22H26N2O4. The van der Waals surface area contributed by atoms with Gasteiger partial charge in [-0.2, -0.15) is 0 Å². The van der Waals surface area contributed by atoms with E-state index in [1.165, 1.54) is 0 Å². The van der Waals surface area contributed by atoms with Gasteiger partial charge in [-0.15, -0.1) is 0 Å². The number of methoxy groups -OCH3 is 1. The Labute approximate surface area is 165 Å². The molecule has 0 bridgehead atoms. The maximum absolute atomic E-state index is 12.8. The molecule has 3 rings (SSSR count). The number of carbonyl (C=O) groups is 2. The Morgan fingerprint density at radius 2 is 1.68 bits per heavy atom. The molecule has 0 aromatic heterocycles. The van der Waals surface area contributed by atoms with Gasteiger partial charge in [0.1, 0.15) is 0 Å². The Kier molecular flexibility index (Phi) is 6.53. The number of nitrogens with zero attached hydrogens (tertiary/aromatic N) is 1. The van der Waals surface area contributed by atoms with E-state index in [0.717, 1.165) is 25.9 Å². The molecule has 0 unspecified atom stereocenters. The Hall–Kier alpha value is -3.02. The average Bonchev–Trinajstić information content (AvgIpc) is 3.27. The first-order chi connectivity index (χ1) is 13.6. The molecule has 1 aliphatic rings. The average molecular weight is 382 g/mol. The van der Waals surface area contributed by atoms with Gasteiger partial charge in [-0.3, -0.25) is 9.59 Å². The lowest BCUT2D eigenvalue weighted by atomic mass is 10.1. The predicted molar refractivity (Wildman–Crippen MR) is 108 cm³/mol. The summed E-state index contributed by atoms with van der Waals surface area (Å²) in [5.74, 6) is 0.731. The zero-order valence-corrected chi connectivity index (χ0v) is 16.3. The zero-order valence-electron chi connectivity index (χ0n) is 16.3. The molecule has 6 heteroatoms. The molecule has 1 fully saturated rings. The van der Waals surface area contributed by atoms with E-state index in [1.807, 2.05) is 30.0 Å². The topological polar surface area (TPSA) is 67.9 Å². The first kappa shape index (κ1) is 19.7. The summed E-state index contributed by atoms with van der Waals surface area (Å²) in [7, 11) is 1.56. The van der Waals surface area contributed by atoms with Gasteiger partial charge in [0, 0.05) is 13.1 Å². The lowest BCUT2D eigenvalue weighted by molar-refractivity contribution is -0.122. The number of ether oxygens (including phenoxy) is 2. The van der Waals surface area contributed by atoms with Gasteiger partial charge in [0.05, 0.1) is 18.4 Å². The van der Waals surface area contributed by atoms with Crippen molar-refractivity contribution in [2.75, 3.05) is 25.5 Å². The van der Waals surface area contributed by atoms with Crippen LogP contribution in [-0.4, -0.2) is 43.0 Å². The molecule has 2 amide bonds. The highest BCUT2D eigenvalue weighted by Gasteiger charge is 2.25. The molecule has 2 aromatic carbocycles. The molecule has 28 heavy (non-hydrogen) atoms. The molecule has 0 radical (unpaired) electrons. The van der Waals surface area contributed by atoms with Crippen molar-refractivity contribution in [3.05, 3.63) is 54.1 Å². The van der Waals surface area contributed by atoms with Gasteiger partial charge < -0.3 is 19.7 Å². The van der Waals surface area contributed by atoms with Crippen LogP contribution in [0.25, 0.3) is 0 Å². The number of carbonyl (C=O) groups excluding carboxylic acids is 2. The summed E-state index contributed by atoms with van der Waals surface area (Å²) in [4.78, 5) is 27.5. The highest BCUT2D eigenvalue weighted by molar-refractivity contribution is 6.04. The number of amides is 2. The standard InChI is InChI=1S/C22H26N2O4/c1-3-18(28-20-13-7-6-12-19(20)27-2)21(25)23-17-11-5-4-10-16(17)22(26)24-14-8-9-15-24/h4-7,10-13,18H,3,8-9,14-15H2,1-2H3,(H,23,25)/t18-/m1/s1. The summed E-state index contributed by atoms with van der Waals surface area (Å²) in [6.07, 6.45) is 1.81. The van der Waals surface area contributed by atoms with E-state index in [1.54, 1.807) is 37.4 Å². The number of anilines is 1. The number of hydrogen-bond donors (Lipinski definition) is 1. The van der Waals surface area contributed by atoms with E-state index >= 15 is 0 Å². The van der Waals surface area contributed by atoms with Gasteiger partial charge >= 0.3 is 0 Å². The number of benzene rings is 2. The van der Waals surface area contributed by atoms with E-state index in [9.17, 15) is 9.59 Å². The van der Waals surface area contributed by atoms with Gasteiger partial charge in [0.2, 0.25) is 0 Å². The molecule has 1 aliphatic heterocycles. The smallest absolute Gasteiger partial charge is 0.265 e. The van der Waals surface area contributed by atoms with Gasteiger partial charge in [0.15, 0.2) is 17.6 Å². The van der Waals surface area contributed by atoms with Crippen molar-refractivity contribution >= 4 is 17.5 Å². The fourth-order valence-corrected chi connectivity index (χ4v) is 3.27. The lowest BCUT2D eigenvalue weighted by Gasteiger charge is -2.21. The molecule has 1 heterocycles. The summed E-state index contributed by atoms with van der Waals surface area (Å²) in [6, 6.07) is 14.3. The van der Waals surface area contributed by atoms with Crippen LogP contribution in [0.2, 0.25) is 0 Å². The second kappa shape index (κ2) is 9.26. The van der Waals surface area contributed by atoms with Crippen LogP contribution in [0.3, 0.4) is 0 Å². The Balaban J connectivity index is 1.75. The third kappa shape index (κ3) is 4.44. The van der Waals surface area contributed by atoms with Crippen LogP contribution in [-0.2, 0) is 4.79 Å². The summed E-state index contributed by atoms with van der Waals surface area (Å²) >= 11 is 0. The highest BCUT2D eigenvalue weighted by Crippen LogP contribution is 2.28. The second-order valence-corrected chi connectivity index (χ2v) is 6.70. The molecule has 0 saturated carbocycles. The molecule has 1 atom stereocenters. The van der Waals surface area contributed by atoms with Crippen LogP contribution in [0, 0.1) is 0 Å². The fraction of sp³-hybridized carbons (Fsp3) is 0.364. The minimum Gasteiger partial charge on any atom is -0.493 e. The minimum atomic E-state index is -0.703. The summed E-state index contributed by atoms with van der Waals surface area (Å²) in [5, 5.41) is 2.87. The van der Waals surface area contributed by atoms with Crippen LogP contribution in [0.1, 0.15) is 36.5 Å². The van der Waals surface area contributed by atoms with E-state index in [2.05, 4.69) is 5.32 Å². The fourth-order valence-electron chi connectivity index (χ4n) is 3.27. The van der Waals surface area contributed by atoms with Crippen LogP contribution in [0.4, 0.5) is 5.69 Å². The van der Waals surface area contributed by atoms with E-state index < -0.39 is 6.10 Å². The Morgan fingerprint density at radius 3 is 2.36 bits per heavy atom. The van der Waals surface area contributed by atoms with Crippen molar-refractivity contribution in [2.45, 2.75) is 32.3 Å². The van der Waals surface area contributed by atoms with Gasteiger partial charge in [-0.1, -0.05) is 31.2 Å². The van der Waals surface area contributed by atoms with Crippen LogP contribution in [0.15, 0.2) is 48.5 Å². The molecule has 148 valence electrons. The number of hydrogen-bond acceptors (Lipinski definition) is 4. The third-order valence-corrected chi connectivity index (χ3v) is 4.81. The van der Waals surface area contributed by atoms with E-state index in [4.69, 9.17) is 9.47 Å². The molecular weight excluding hydrogens is 356 g/mol. The SMILES string of the molecule is CC[C@@H](Oc1ccccc1OC)C(=O)Nc1ccccc1C(=O)N1CCCC1. The van der Waals surface area contributed by atoms with Crippen LogP contribution < -0.4 is 14.8 Å². The lowest BCUT2D eigenvalue weighted by Crippen LogP contribution is -2.34. The largest absolute Gasteiger partial charge is 0.493 e. The number of para-hydroxylation sites is 3. The van der Waals surface area contributed by atoms with Crippen LogP contribution >= 0.6 is 0 Å². The maximum Gasteiger partial charge on any atom is 0.265 e. The van der Waals surface area contributed by atoms with Crippen molar-refractivity contribution in [2.24, 2.45) is 0 Å². The second-order valence-electron chi connectivity index (χ2n) is 6.70. The molecule has 0 spiro atoms. The third-order valence-electron chi connectivity index (χ3n) is 4.81.